The number of nitrogens with zero attached hydrogens (tertiary/aromatic N) is 1. The molecule has 2 amide bonds. The fourth-order valence-corrected chi connectivity index (χ4v) is 2.73. The second-order valence-electron chi connectivity index (χ2n) is 5.60. The summed E-state index contributed by atoms with van der Waals surface area (Å²) in [6.07, 6.45) is 3.67. The predicted molar refractivity (Wildman–Crippen MR) is 90.9 cm³/mol. The van der Waals surface area contributed by atoms with Gasteiger partial charge in [0.05, 0.1) is 17.3 Å². The maximum absolute atomic E-state index is 12.2. The van der Waals surface area contributed by atoms with Crippen LogP contribution < -0.4 is 10.1 Å². The van der Waals surface area contributed by atoms with E-state index in [4.69, 9.17) is 16.3 Å². The van der Waals surface area contributed by atoms with Gasteiger partial charge in [-0.05, 0) is 31.4 Å². The van der Waals surface area contributed by atoms with Crippen molar-refractivity contribution >= 4 is 29.1 Å². The van der Waals surface area contributed by atoms with E-state index in [9.17, 15) is 9.59 Å². The van der Waals surface area contributed by atoms with Crippen molar-refractivity contribution in [2.24, 2.45) is 0 Å². The fraction of sp³-hybridized carbons (Fsp3) is 0.529. The van der Waals surface area contributed by atoms with Crippen LogP contribution in [0.1, 0.15) is 39.0 Å². The van der Waals surface area contributed by atoms with Crippen molar-refractivity contribution in [1.82, 2.24) is 4.90 Å². The van der Waals surface area contributed by atoms with Crippen molar-refractivity contribution in [3.8, 4) is 5.75 Å². The standard InChI is InChI=1S/C17H23ClN2O3/c1-2-12-23-17-13(18)6-5-7-14(17)19-15(21)9-11-20-10-4-3-8-16(20)22/h5-7H,2-4,8-12H2,1H3,(H,19,21). The summed E-state index contributed by atoms with van der Waals surface area (Å²) in [5.41, 5.74) is 0.570. The highest BCUT2D eigenvalue weighted by molar-refractivity contribution is 6.32. The third kappa shape index (κ3) is 5.13. The summed E-state index contributed by atoms with van der Waals surface area (Å²) in [6.45, 7) is 3.74. The minimum absolute atomic E-state index is 0.138. The average molecular weight is 339 g/mol. The van der Waals surface area contributed by atoms with Crippen molar-refractivity contribution in [2.45, 2.75) is 39.0 Å². The zero-order valence-electron chi connectivity index (χ0n) is 13.4. The number of amides is 2. The quantitative estimate of drug-likeness (QED) is 0.828. The zero-order valence-corrected chi connectivity index (χ0v) is 14.2. The van der Waals surface area contributed by atoms with E-state index in [2.05, 4.69) is 5.32 Å². The predicted octanol–water partition coefficient (Wildman–Crippen LogP) is 3.47. The van der Waals surface area contributed by atoms with Crippen molar-refractivity contribution in [2.75, 3.05) is 25.0 Å². The summed E-state index contributed by atoms with van der Waals surface area (Å²) >= 11 is 6.14. The first kappa shape index (κ1) is 17.6. The van der Waals surface area contributed by atoms with Gasteiger partial charge in [-0.25, -0.2) is 0 Å². The highest BCUT2D eigenvalue weighted by atomic mass is 35.5. The number of likely N-dealkylation sites (tertiary alicyclic amines) is 1. The van der Waals surface area contributed by atoms with Gasteiger partial charge in [-0.15, -0.1) is 0 Å². The molecule has 0 spiro atoms. The minimum atomic E-state index is -0.146. The molecule has 1 aliphatic rings. The Labute approximate surface area is 141 Å². The van der Waals surface area contributed by atoms with Gasteiger partial charge in [-0.3, -0.25) is 9.59 Å². The number of nitrogens with one attached hydrogen (secondary N) is 1. The van der Waals surface area contributed by atoms with Gasteiger partial charge in [0.25, 0.3) is 0 Å². The molecule has 5 nitrogen and oxygen atoms in total. The van der Waals surface area contributed by atoms with Crippen LogP contribution in [0.25, 0.3) is 0 Å². The molecule has 0 aromatic heterocycles. The summed E-state index contributed by atoms with van der Waals surface area (Å²) in [5, 5.41) is 3.30. The Kier molecular flexibility index (Phi) is 6.71. The SMILES string of the molecule is CCCOc1c(Cl)cccc1NC(=O)CCN1CCCCC1=O. The lowest BCUT2D eigenvalue weighted by Gasteiger charge is -2.26. The normalized spacial score (nSPS) is 14.7. The molecule has 0 saturated carbocycles. The summed E-state index contributed by atoms with van der Waals surface area (Å²) in [5.74, 6) is 0.490. The average Bonchev–Trinajstić information content (AvgIpc) is 2.54. The molecule has 0 radical (unpaired) electrons. The van der Waals surface area contributed by atoms with Gasteiger partial charge in [0, 0.05) is 25.9 Å². The number of para-hydroxylation sites is 1. The van der Waals surface area contributed by atoms with Gasteiger partial charge >= 0.3 is 0 Å². The van der Waals surface area contributed by atoms with Crippen molar-refractivity contribution in [3.63, 3.8) is 0 Å². The number of halogens is 1. The van der Waals surface area contributed by atoms with E-state index in [0.29, 0.717) is 36.0 Å². The smallest absolute Gasteiger partial charge is 0.226 e. The summed E-state index contributed by atoms with van der Waals surface area (Å²) in [4.78, 5) is 25.6. The van der Waals surface area contributed by atoms with Crippen LogP contribution in [-0.2, 0) is 9.59 Å². The molecular formula is C17H23ClN2O3. The first-order valence-electron chi connectivity index (χ1n) is 8.10. The summed E-state index contributed by atoms with van der Waals surface area (Å²) in [7, 11) is 0. The highest BCUT2D eigenvalue weighted by Gasteiger charge is 2.19. The molecule has 1 aromatic rings. The molecule has 6 heteroatoms. The molecule has 2 rings (SSSR count). The van der Waals surface area contributed by atoms with Gasteiger partial charge in [0.2, 0.25) is 11.8 Å². The number of piperidine rings is 1. The monoisotopic (exact) mass is 338 g/mol. The molecule has 126 valence electrons. The number of carbonyl (C=O) groups is 2. The van der Waals surface area contributed by atoms with E-state index in [1.54, 1.807) is 23.1 Å². The number of ether oxygens (including phenoxy) is 1. The molecule has 0 atom stereocenters. The van der Waals surface area contributed by atoms with Crippen molar-refractivity contribution < 1.29 is 14.3 Å². The lowest BCUT2D eigenvalue weighted by molar-refractivity contribution is -0.133. The molecule has 1 aliphatic heterocycles. The molecule has 1 fully saturated rings. The number of hydrogen-bond acceptors (Lipinski definition) is 3. The van der Waals surface area contributed by atoms with Crippen LogP contribution in [0.3, 0.4) is 0 Å². The molecule has 0 bridgehead atoms. The topological polar surface area (TPSA) is 58.6 Å². The summed E-state index contributed by atoms with van der Waals surface area (Å²) in [6, 6.07) is 5.26. The van der Waals surface area contributed by atoms with E-state index in [1.165, 1.54) is 0 Å². The Balaban J connectivity index is 1.92. The lowest BCUT2D eigenvalue weighted by atomic mass is 10.1. The van der Waals surface area contributed by atoms with E-state index in [0.717, 1.165) is 25.8 Å². The molecule has 23 heavy (non-hydrogen) atoms. The van der Waals surface area contributed by atoms with Crippen LogP contribution in [0.5, 0.6) is 5.75 Å². The Morgan fingerprint density at radius 1 is 1.39 bits per heavy atom. The van der Waals surface area contributed by atoms with Gasteiger partial charge in [-0.2, -0.15) is 0 Å². The second kappa shape index (κ2) is 8.77. The third-order valence-corrected chi connectivity index (χ3v) is 4.02. The van der Waals surface area contributed by atoms with Crippen molar-refractivity contribution in [1.29, 1.82) is 0 Å². The Morgan fingerprint density at radius 2 is 2.22 bits per heavy atom. The molecule has 1 N–H and O–H groups in total. The number of anilines is 1. The van der Waals surface area contributed by atoms with E-state index >= 15 is 0 Å². The zero-order chi connectivity index (χ0) is 16.7. The van der Waals surface area contributed by atoms with Gasteiger partial charge in [0.1, 0.15) is 0 Å². The van der Waals surface area contributed by atoms with Crippen LogP contribution >= 0.6 is 11.6 Å². The van der Waals surface area contributed by atoms with E-state index in [1.807, 2.05) is 6.92 Å². The van der Waals surface area contributed by atoms with Crippen molar-refractivity contribution in [3.05, 3.63) is 23.2 Å². The fourth-order valence-electron chi connectivity index (χ4n) is 2.51. The highest BCUT2D eigenvalue weighted by Crippen LogP contribution is 2.33. The third-order valence-electron chi connectivity index (χ3n) is 3.72. The molecule has 1 saturated heterocycles. The lowest BCUT2D eigenvalue weighted by Crippen LogP contribution is -2.37. The van der Waals surface area contributed by atoms with Gasteiger partial charge in [0.15, 0.2) is 5.75 Å². The molecule has 0 aliphatic carbocycles. The van der Waals surface area contributed by atoms with Gasteiger partial charge in [-0.1, -0.05) is 24.6 Å². The first-order chi connectivity index (χ1) is 11.1. The number of hydrogen-bond donors (Lipinski definition) is 1. The molecular weight excluding hydrogens is 316 g/mol. The minimum Gasteiger partial charge on any atom is -0.490 e. The number of rotatable bonds is 7. The first-order valence-corrected chi connectivity index (χ1v) is 8.48. The maximum atomic E-state index is 12.2. The van der Waals surface area contributed by atoms with Crippen LogP contribution in [0.15, 0.2) is 18.2 Å². The van der Waals surface area contributed by atoms with Crippen LogP contribution in [0, 0.1) is 0 Å². The molecule has 0 unspecified atom stereocenters. The largest absolute Gasteiger partial charge is 0.490 e. The molecule has 1 aromatic carbocycles. The number of carbonyl (C=O) groups excluding carboxylic acids is 2. The summed E-state index contributed by atoms with van der Waals surface area (Å²) < 4.78 is 5.62. The van der Waals surface area contributed by atoms with E-state index in [-0.39, 0.29) is 18.2 Å². The van der Waals surface area contributed by atoms with Crippen LogP contribution in [-0.4, -0.2) is 36.4 Å². The van der Waals surface area contributed by atoms with Crippen LogP contribution in [0.2, 0.25) is 5.02 Å². The van der Waals surface area contributed by atoms with E-state index < -0.39 is 0 Å². The second-order valence-corrected chi connectivity index (χ2v) is 6.01. The Morgan fingerprint density at radius 3 is 2.96 bits per heavy atom. The number of benzene rings is 1. The molecule has 1 heterocycles. The Bertz CT molecular complexity index is 563. The maximum Gasteiger partial charge on any atom is 0.226 e. The van der Waals surface area contributed by atoms with Gasteiger partial charge < -0.3 is 15.0 Å². The Hall–Kier alpha value is -1.75. The van der Waals surface area contributed by atoms with Crippen LogP contribution in [0.4, 0.5) is 5.69 Å².